The van der Waals surface area contributed by atoms with Crippen molar-refractivity contribution in [1.82, 2.24) is 0 Å². The smallest absolute Gasteiger partial charge is 0.127 e. The van der Waals surface area contributed by atoms with Crippen molar-refractivity contribution in [3.05, 3.63) is 29.6 Å². The minimum atomic E-state index is -0.451. The minimum Gasteiger partial charge on any atom is -0.493 e. The third kappa shape index (κ3) is 4.41. The first-order valence-electron chi connectivity index (χ1n) is 5.41. The summed E-state index contributed by atoms with van der Waals surface area (Å²) in [6.07, 6.45) is 0.564. The summed E-state index contributed by atoms with van der Waals surface area (Å²) in [6, 6.07) is 6.27. The number of rotatable bonds is 5. The van der Waals surface area contributed by atoms with Gasteiger partial charge in [0.15, 0.2) is 0 Å². The van der Waals surface area contributed by atoms with E-state index in [2.05, 4.69) is 6.07 Å². The van der Waals surface area contributed by atoms with Gasteiger partial charge in [0.2, 0.25) is 0 Å². The molecule has 0 aromatic heterocycles. The lowest BCUT2D eigenvalue weighted by Gasteiger charge is -2.15. The van der Waals surface area contributed by atoms with Gasteiger partial charge < -0.3 is 9.84 Å². The van der Waals surface area contributed by atoms with Crippen molar-refractivity contribution in [3.63, 3.8) is 0 Å². The average molecular weight is 237 g/mol. The number of hydrogen-bond acceptors (Lipinski definition) is 3. The van der Waals surface area contributed by atoms with Crippen LogP contribution in [0.2, 0.25) is 0 Å². The van der Waals surface area contributed by atoms with Gasteiger partial charge in [-0.1, -0.05) is 0 Å². The highest BCUT2D eigenvalue weighted by atomic mass is 19.1. The van der Waals surface area contributed by atoms with Crippen LogP contribution >= 0.6 is 0 Å². The zero-order valence-electron chi connectivity index (χ0n) is 10.0. The third-order valence-corrected chi connectivity index (χ3v) is 2.41. The van der Waals surface area contributed by atoms with Crippen molar-refractivity contribution < 1.29 is 14.2 Å². The van der Waals surface area contributed by atoms with Crippen molar-refractivity contribution in [3.8, 4) is 11.8 Å². The molecule has 0 aliphatic heterocycles. The summed E-state index contributed by atoms with van der Waals surface area (Å²) < 4.78 is 18.5. The first-order valence-corrected chi connectivity index (χ1v) is 5.41. The highest BCUT2D eigenvalue weighted by Crippen LogP contribution is 2.21. The number of nitrogens with zero attached hydrogens (tertiary/aromatic N) is 1. The molecule has 0 amide bonds. The molecule has 17 heavy (non-hydrogen) atoms. The van der Waals surface area contributed by atoms with Gasteiger partial charge in [0.1, 0.15) is 11.6 Å². The summed E-state index contributed by atoms with van der Waals surface area (Å²) >= 11 is 0. The molecule has 0 aliphatic carbocycles. The maximum atomic E-state index is 13.1. The van der Waals surface area contributed by atoms with Gasteiger partial charge in [-0.2, -0.15) is 5.26 Å². The Morgan fingerprint density at radius 3 is 2.71 bits per heavy atom. The number of hydrogen-bond donors (Lipinski definition) is 1. The topological polar surface area (TPSA) is 53.2 Å². The molecule has 92 valence electrons. The number of aliphatic hydroxyl groups is 1. The lowest BCUT2D eigenvalue weighted by Crippen LogP contribution is -2.13. The Bertz CT molecular complexity index is 424. The van der Waals surface area contributed by atoms with Crippen molar-refractivity contribution >= 4 is 0 Å². The highest BCUT2D eigenvalue weighted by molar-refractivity contribution is 5.29. The van der Waals surface area contributed by atoms with Crippen molar-refractivity contribution in [2.45, 2.75) is 26.9 Å². The van der Waals surface area contributed by atoms with Crippen LogP contribution in [0.1, 0.15) is 25.8 Å². The van der Waals surface area contributed by atoms with E-state index in [1.807, 2.05) is 13.8 Å². The van der Waals surface area contributed by atoms with E-state index in [-0.39, 0.29) is 6.61 Å². The molecule has 0 atom stereocenters. The molecule has 0 bridgehead atoms. The first kappa shape index (κ1) is 13.5. The standard InChI is InChI=1S/C13H16FNO2/c1-13(2,9-15)3-4-17-12-6-10(8-16)5-11(14)7-12/h5-7,16H,3-4,8H2,1-2H3. The van der Waals surface area contributed by atoms with Crippen LogP contribution in [-0.4, -0.2) is 11.7 Å². The molecule has 0 saturated carbocycles. The number of nitriles is 1. The van der Waals surface area contributed by atoms with Crippen LogP contribution in [0.25, 0.3) is 0 Å². The van der Waals surface area contributed by atoms with E-state index in [4.69, 9.17) is 15.1 Å². The maximum absolute atomic E-state index is 13.1. The van der Waals surface area contributed by atoms with Crippen LogP contribution in [0.4, 0.5) is 4.39 Å². The number of halogens is 1. The Morgan fingerprint density at radius 1 is 1.41 bits per heavy atom. The number of benzene rings is 1. The van der Waals surface area contributed by atoms with Gasteiger partial charge in [0, 0.05) is 6.07 Å². The van der Waals surface area contributed by atoms with E-state index in [0.29, 0.717) is 24.3 Å². The molecular weight excluding hydrogens is 221 g/mol. The zero-order valence-corrected chi connectivity index (χ0v) is 10.0. The lowest BCUT2D eigenvalue weighted by molar-refractivity contribution is 0.259. The molecule has 3 nitrogen and oxygen atoms in total. The predicted octanol–water partition coefficient (Wildman–Crippen LogP) is 2.64. The van der Waals surface area contributed by atoms with Gasteiger partial charge in [0.25, 0.3) is 0 Å². The van der Waals surface area contributed by atoms with E-state index >= 15 is 0 Å². The Morgan fingerprint density at radius 2 is 2.12 bits per heavy atom. The summed E-state index contributed by atoms with van der Waals surface area (Å²) in [5.41, 5.74) is 0.0205. The van der Waals surface area contributed by atoms with E-state index < -0.39 is 11.2 Å². The van der Waals surface area contributed by atoms with Crippen molar-refractivity contribution in [1.29, 1.82) is 5.26 Å². The summed E-state index contributed by atoms with van der Waals surface area (Å²) in [7, 11) is 0. The van der Waals surface area contributed by atoms with E-state index in [1.54, 1.807) is 6.07 Å². The predicted molar refractivity (Wildman–Crippen MR) is 61.8 cm³/mol. The highest BCUT2D eigenvalue weighted by Gasteiger charge is 2.16. The Balaban J connectivity index is 2.58. The van der Waals surface area contributed by atoms with Crippen LogP contribution < -0.4 is 4.74 Å². The summed E-state index contributed by atoms with van der Waals surface area (Å²) in [5.74, 6) is -0.0612. The minimum absolute atomic E-state index is 0.224. The fourth-order valence-corrected chi connectivity index (χ4v) is 1.28. The lowest BCUT2D eigenvalue weighted by atomic mass is 9.92. The fraction of sp³-hybridized carbons (Fsp3) is 0.462. The van der Waals surface area contributed by atoms with E-state index in [1.165, 1.54) is 12.1 Å². The Labute approximate surface area is 100 Å². The Kier molecular flexibility index (Phi) is 4.47. The quantitative estimate of drug-likeness (QED) is 0.856. The normalized spacial score (nSPS) is 11.0. The molecule has 0 spiro atoms. The first-order chi connectivity index (χ1) is 7.96. The second-order valence-corrected chi connectivity index (χ2v) is 4.55. The van der Waals surface area contributed by atoms with Crippen LogP contribution in [-0.2, 0) is 6.61 Å². The van der Waals surface area contributed by atoms with Gasteiger partial charge in [-0.25, -0.2) is 4.39 Å². The van der Waals surface area contributed by atoms with Crippen molar-refractivity contribution in [2.24, 2.45) is 5.41 Å². The maximum Gasteiger partial charge on any atom is 0.127 e. The second kappa shape index (κ2) is 5.65. The Hall–Kier alpha value is -1.60. The molecule has 0 heterocycles. The SMILES string of the molecule is CC(C)(C#N)CCOc1cc(F)cc(CO)c1. The van der Waals surface area contributed by atoms with Gasteiger partial charge in [-0.3, -0.25) is 0 Å². The van der Waals surface area contributed by atoms with Crippen LogP contribution in [0.3, 0.4) is 0 Å². The molecule has 0 unspecified atom stereocenters. The van der Waals surface area contributed by atoms with Gasteiger partial charge in [0.05, 0.1) is 24.7 Å². The largest absolute Gasteiger partial charge is 0.493 e. The van der Waals surface area contributed by atoms with Gasteiger partial charge >= 0.3 is 0 Å². The molecule has 0 radical (unpaired) electrons. The molecular formula is C13H16FNO2. The van der Waals surface area contributed by atoms with Crippen LogP contribution in [0.15, 0.2) is 18.2 Å². The monoisotopic (exact) mass is 237 g/mol. The molecule has 1 aromatic carbocycles. The van der Waals surface area contributed by atoms with Gasteiger partial charge in [-0.05, 0) is 38.0 Å². The summed E-state index contributed by atoms with van der Waals surface area (Å²) in [4.78, 5) is 0. The number of aliphatic hydroxyl groups excluding tert-OH is 1. The molecule has 1 aromatic rings. The summed E-state index contributed by atoms with van der Waals surface area (Å²) in [6.45, 7) is 3.76. The second-order valence-electron chi connectivity index (χ2n) is 4.55. The number of ether oxygens (including phenoxy) is 1. The van der Waals surface area contributed by atoms with E-state index in [0.717, 1.165) is 0 Å². The fourth-order valence-electron chi connectivity index (χ4n) is 1.28. The zero-order chi connectivity index (χ0) is 12.9. The van der Waals surface area contributed by atoms with Gasteiger partial charge in [-0.15, -0.1) is 0 Å². The summed E-state index contributed by atoms with van der Waals surface area (Å²) in [5, 5.41) is 17.7. The molecule has 4 heteroatoms. The van der Waals surface area contributed by atoms with Crippen LogP contribution in [0.5, 0.6) is 5.75 Å². The van der Waals surface area contributed by atoms with Crippen LogP contribution in [0, 0.1) is 22.6 Å². The van der Waals surface area contributed by atoms with Crippen molar-refractivity contribution in [2.75, 3.05) is 6.61 Å². The average Bonchev–Trinajstić information content (AvgIpc) is 2.28. The molecule has 1 rings (SSSR count). The molecule has 0 fully saturated rings. The molecule has 0 saturated heterocycles. The molecule has 1 N–H and O–H groups in total. The molecule has 0 aliphatic rings. The third-order valence-electron chi connectivity index (χ3n) is 2.41. The van der Waals surface area contributed by atoms with E-state index in [9.17, 15) is 4.39 Å².